The number of anilines is 1. The standard InChI is InChI=1S/C28H41N3O5S/c1-5-9-13-23(8-4)36-27-25(31(17-10-6-2)18-11-7-3)20-22(21-26(27)37(29,33)34)28(32)30-16-15-24-14-12-19-35-24/h8-9,12-14,19-21H,5-7,10-11,15-18H2,1-4H3,(H,30,32)(H2,29,33,34). The quantitative estimate of drug-likeness (QED) is 0.217. The number of furan rings is 1. The molecule has 0 aliphatic heterocycles. The van der Waals surface area contributed by atoms with E-state index in [4.69, 9.17) is 14.3 Å². The van der Waals surface area contributed by atoms with E-state index in [0.29, 0.717) is 37.5 Å². The molecule has 0 bridgehead atoms. The second-order valence-electron chi connectivity index (χ2n) is 8.75. The number of nitrogens with zero attached hydrogens (tertiary/aromatic N) is 1. The molecule has 0 saturated carbocycles. The first-order valence-corrected chi connectivity index (χ1v) is 14.6. The van der Waals surface area contributed by atoms with Crippen LogP contribution in [0.3, 0.4) is 0 Å². The number of sulfonamides is 1. The van der Waals surface area contributed by atoms with Crippen LogP contribution in [0, 0.1) is 0 Å². The zero-order chi connectivity index (χ0) is 27.3. The maximum Gasteiger partial charge on any atom is 0.251 e. The van der Waals surface area contributed by atoms with Gasteiger partial charge in [-0.15, -0.1) is 0 Å². The minimum Gasteiger partial charge on any atom is -0.469 e. The third-order valence-corrected chi connectivity index (χ3v) is 6.68. The summed E-state index contributed by atoms with van der Waals surface area (Å²) < 4.78 is 37.1. The van der Waals surface area contributed by atoms with E-state index in [-0.39, 0.29) is 16.2 Å². The minimum atomic E-state index is -4.21. The number of amides is 1. The first-order chi connectivity index (χ1) is 17.7. The number of ether oxygens (including phenoxy) is 1. The second-order valence-corrected chi connectivity index (χ2v) is 10.3. The van der Waals surface area contributed by atoms with Crippen LogP contribution in [0.15, 0.2) is 63.8 Å². The SMILES string of the molecule is CC=C(C=CCC)Oc1c(N(CCCC)CCCC)cc(C(=O)NCCc2ccco2)cc1S(N)(=O)=O. The molecule has 0 unspecified atom stereocenters. The van der Waals surface area contributed by atoms with Gasteiger partial charge in [0, 0.05) is 31.6 Å². The molecule has 37 heavy (non-hydrogen) atoms. The summed E-state index contributed by atoms with van der Waals surface area (Å²) in [7, 11) is -4.21. The monoisotopic (exact) mass is 531 g/mol. The van der Waals surface area contributed by atoms with E-state index in [1.807, 2.05) is 26.0 Å². The molecule has 2 rings (SSSR count). The van der Waals surface area contributed by atoms with E-state index in [0.717, 1.165) is 37.9 Å². The predicted octanol–water partition coefficient (Wildman–Crippen LogP) is 5.55. The fourth-order valence-corrected chi connectivity index (χ4v) is 4.41. The van der Waals surface area contributed by atoms with Crippen LogP contribution in [0.4, 0.5) is 5.69 Å². The van der Waals surface area contributed by atoms with Crippen LogP contribution < -0.4 is 20.1 Å². The second kappa shape index (κ2) is 15.3. The molecule has 1 heterocycles. The van der Waals surface area contributed by atoms with Crippen LogP contribution in [0.1, 0.15) is 75.9 Å². The molecule has 2 aromatic rings. The van der Waals surface area contributed by atoms with Gasteiger partial charge in [0.25, 0.3) is 5.91 Å². The van der Waals surface area contributed by atoms with Gasteiger partial charge in [-0.3, -0.25) is 4.79 Å². The maximum atomic E-state index is 13.1. The number of unbranched alkanes of at least 4 members (excludes halogenated alkanes) is 2. The van der Waals surface area contributed by atoms with Crippen molar-refractivity contribution in [1.82, 2.24) is 5.32 Å². The van der Waals surface area contributed by atoms with Crippen LogP contribution >= 0.6 is 0 Å². The number of nitrogens with two attached hydrogens (primary N) is 1. The summed E-state index contributed by atoms with van der Waals surface area (Å²) in [6.07, 6.45) is 12.1. The van der Waals surface area contributed by atoms with Gasteiger partial charge < -0.3 is 19.4 Å². The number of hydrogen-bond acceptors (Lipinski definition) is 6. The highest BCUT2D eigenvalue weighted by Crippen LogP contribution is 2.38. The summed E-state index contributed by atoms with van der Waals surface area (Å²) in [6.45, 7) is 9.74. The van der Waals surface area contributed by atoms with Crippen molar-refractivity contribution in [2.24, 2.45) is 5.14 Å². The molecule has 0 fully saturated rings. The number of nitrogens with one attached hydrogen (secondary N) is 1. The van der Waals surface area contributed by atoms with Crippen molar-refractivity contribution >= 4 is 21.6 Å². The first-order valence-electron chi connectivity index (χ1n) is 13.0. The lowest BCUT2D eigenvalue weighted by molar-refractivity contribution is 0.0953. The van der Waals surface area contributed by atoms with Crippen LogP contribution in [0.5, 0.6) is 5.75 Å². The van der Waals surface area contributed by atoms with Crippen LogP contribution in [-0.2, 0) is 16.4 Å². The Morgan fingerprint density at radius 1 is 1.16 bits per heavy atom. The van der Waals surface area contributed by atoms with Gasteiger partial charge >= 0.3 is 0 Å². The largest absolute Gasteiger partial charge is 0.469 e. The van der Waals surface area contributed by atoms with Crippen molar-refractivity contribution in [3.8, 4) is 5.75 Å². The summed E-state index contributed by atoms with van der Waals surface area (Å²) in [5.41, 5.74) is 0.740. The molecule has 3 N–H and O–H groups in total. The third-order valence-electron chi connectivity index (χ3n) is 5.77. The Balaban J connectivity index is 2.59. The zero-order valence-electron chi connectivity index (χ0n) is 22.5. The summed E-state index contributed by atoms with van der Waals surface area (Å²) in [5.74, 6) is 0.983. The van der Waals surface area contributed by atoms with Crippen molar-refractivity contribution in [2.75, 3.05) is 24.5 Å². The number of hydrogen-bond donors (Lipinski definition) is 2. The summed E-state index contributed by atoms with van der Waals surface area (Å²) in [5, 5.41) is 8.52. The molecular weight excluding hydrogens is 490 g/mol. The summed E-state index contributed by atoms with van der Waals surface area (Å²) in [6, 6.07) is 6.62. The molecule has 204 valence electrons. The Hall–Kier alpha value is -3.04. The lowest BCUT2D eigenvalue weighted by Crippen LogP contribution is -2.29. The average molecular weight is 532 g/mol. The predicted molar refractivity (Wildman–Crippen MR) is 148 cm³/mol. The number of carbonyl (C=O) groups is 1. The van der Waals surface area contributed by atoms with Crippen molar-refractivity contribution < 1.29 is 22.4 Å². The molecule has 0 saturated heterocycles. The Morgan fingerprint density at radius 3 is 2.41 bits per heavy atom. The van der Waals surface area contributed by atoms with Gasteiger partial charge in [-0.25, -0.2) is 13.6 Å². The van der Waals surface area contributed by atoms with Crippen molar-refractivity contribution in [2.45, 2.75) is 71.1 Å². The van der Waals surface area contributed by atoms with E-state index < -0.39 is 15.9 Å². The summed E-state index contributed by atoms with van der Waals surface area (Å²) in [4.78, 5) is 15.0. The maximum absolute atomic E-state index is 13.1. The van der Waals surface area contributed by atoms with Crippen molar-refractivity contribution in [3.05, 3.63) is 65.8 Å². The lowest BCUT2D eigenvalue weighted by atomic mass is 10.1. The Labute approximate surface area is 221 Å². The molecule has 0 aliphatic carbocycles. The van der Waals surface area contributed by atoms with Gasteiger partial charge in [0.15, 0.2) is 5.75 Å². The third kappa shape index (κ3) is 9.40. The highest BCUT2D eigenvalue weighted by molar-refractivity contribution is 7.89. The smallest absolute Gasteiger partial charge is 0.251 e. The topological polar surface area (TPSA) is 115 Å². The molecule has 1 amide bonds. The van der Waals surface area contributed by atoms with E-state index in [2.05, 4.69) is 24.1 Å². The molecule has 0 aliphatic rings. The number of rotatable bonds is 16. The molecule has 0 radical (unpaired) electrons. The molecule has 1 aromatic heterocycles. The molecule has 0 atom stereocenters. The fraction of sp³-hybridized carbons (Fsp3) is 0.464. The fourth-order valence-electron chi connectivity index (χ4n) is 3.72. The molecule has 9 heteroatoms. The highest BCUT2D eigenvalue weighted by Gasteiger charge is 2.26. The van der Waals surface area contributed by atoms with Gasteiger partial charge in [-0.1, -0.05) is 39.7 Å². The summed E-state index contributed by atoms with van der Waals surface area (Å²) >= 11 is 0. The average Bonchev–Trinajstić information content (AvgIpc) is 3.39. The van der Waals surface area contributed by atoms with E-state index in [9.17, 15) is 13.2 Å². The molecule has 8 nitrogen and oxygen atoms in total. The van der Waals surface area contributed by atoms with Gasteiger partial charge in [-0.2, -0.15) is 0 Å². The Morgan fingerprint density at radius 2 is 1.86 bits per heavy atom. The van der Waals surface area contributed by atoms with E-state index in [1.54, 1.807) is 30.5 Å². The number of carbonyl (C=O) groups excluding carboxylic acids is 1. The normalized spacial score (nSPS) is 12.2. The molecule has 0 spiro atoms. The molecule has 1 aromatic carbocycles. The van der Waals surface area contributed by atoms with E-state index in [1.165, 1.54) is 6.07 Å². The van der Waals surface area contributed by atoms with Crippen LogP contribution in [0.2, 0.25) is 0 Å². The number of allylic oxidation sites excluding steroid dienone is 3. The van der Waals surface area contributed by atoms with Gasteiger partial charge in [-0.05, 0) is 62.6 Å². The van der Waals surface area contributed by atoms with Crippen molar-refractivity contribution in [3.63, 3.8) is 0 Å². The highest BCUT2D eigenvalue weighted by atomic mass is 32.2. The Bertz CT molecular complexity index is 1150. The van der Waals surface area contributed by atoms with Crippen molar-refractivity contribution in [1.29, 1.82) is 0 Å². The number of benzene rings is 1. The Kier molecular flexibility index (Phi) is 12.5. The molecular formula is C28H41N3O5S. The van der Waals surface area contributed by atoms with E-state index >= 15 is 0 Å². The minimum absolute atomic E-state index is 0.135. The first kappa shape index (κ1) is 30.2. The van der Waals surface area contributed by atoms with Gasteiger partial charge in [0.2, 0.25) is 10.0 Å². The van der Waals surface area contributed by atoms with Gasteiger partial charge in [0.1, 0.15) is 16.4 Å². The van der Waals surface area contributed by atoms with Crippen LogP contribution in [0.25, 0.3) is 0 Å². The van der Waals surface area contributed by atoms with Gasteiger partial charge in [0.05, 0.1) is 12.0 Å². The zero-order valence-corrected chi connectivity index (χ0v) is 23.3. The van der Waals surface area contributed by atoms with Crippen LogP contribution in [-0.4, -0.2) is 34.0 Å². The lowest BCUT2D eigenvalue weighted by Gasteiger charge is -2.28. The number of primary sulfonamides is 1.